The number of nitrogen functional groups attached to an aromatic ring is 1. The number of rotatable bonds is 2. The fraction of sp³-hybridized carbons (Fsp3) is 0.400. The number of anilines is 1. The summed E-state index contributed by atoms with van der Waals surface area (Å²) in [7, 11) is 0. The van der Waals surface area contributed by atoms with Crippen LogP contribution in [0.4, 0.5) is 5.69 Å². The van der Waals surface area contributed by atoms with E-state index in [0.717, 1.165) is 42.2 Å². The van der Waals surface area contributed by atoms with Crippen LogP contribution in [-0.4, -0.2) is 17.1 Å². The van der Waals surface area contributed by atoms with Gasteiger partial charge >= 0.3 is 0 Å². The van der Waals surface area contributed by atoms with Crippen LogP contribution in [0.2, 0.25) is 0 Å². The fourth-order valence-corrected chi connectivity index (χ4v) is 2.71. The predicted molar refractivity (Wildman–Crippen MR) is 84.3 cm³/mol. The molecule has 1 aliphatic rings. The zero-order chi connectivity index (χ0) is 13.2. The fourth-order valence-electron chi connectivity index (χ4n) is 2.71. The van der Waals surface area contributed by atoms with Crippen LogP contribution >= 0.6 is 12.4 Å². The van der Waals surface area contributed by atoms with E-state index in [2.05, 4.69) is 4.98 Å². The van der Waals surface area contributed by atoms with E-state index in [-0.39, 0.29) is 18.5 Å². The van der Waals surface area contributed by atoms with Crippen molar-refractivity contribution in [2.75, 3.05) is 5.73 Å². The second-order valence-corrected chi connectivity index (χ2v) is 5.24. The normalized spacial score (nSPS) is 22.2. The van der Waals surface area contributed by atoms with E-state index in [1.807, 2.05) is 24.4 Å². The summed E-state index contributed by atoms with van der Waals surface area (Å²) in [6, 6.07) is 6.30. The molecule has 0 atom stereocenters. The minimum atomic E-state index is 0. The molecule has 0 spiro atoms. The van der Waals surface area contributed by atoms with E-state index in [1.165, 1.54) is 0 Å². The van der Waals surface area contributed by atoms with Crippen LogP contribution in [0.3, 0.4) is 0 Å². The van der Waals surface area contributed by atoms with E-state index >= 15 is 0 Å². The van der Waals surface area contributed by atoms with Gasteiger partial charge in [0.25, 0.3) is 0 Å². The molecule has 1 aliphatic carbocycles. The van der Waals surface area contributed by atoms with Gasteiger partial charge in [-0.15, -0.1) is 12.4 Å². The van der Waals surface area contributed by atoms with Gasteiger partial charge in [-0.3, -0.25) is 4.98 Å². The quantitative estimate of drug-likeness (QED) is 0.893. The molecule has 1 aromatic heterocycles. The Bertz CT molecular complexity index is 577. The molecular formula is C15H20ClN3O. The zero-order valence-electron chi connectivity index (χ0n) is 11.3. The topological polar surface area (TPSA) is 74.2 Å². The molecule has 0 aliphatic heterocycles. The first-order valence-corrected chi connectivity index (χ1v) is 6.78. The van der Waals surface area contributed by atoms with Crippen molar-refractivity contribution in [2.45, 2.75) is 37.8 Å². The first kappa shape index (κ1) is 14.9. The Kier molecular flexibility index (Phi) is 4.68. The Labute approximate surface area is 124 Å². The van der Waals surface area contributed by atoms with Gasteiger partial charge in [-0.1, -0.05) is 12.1 Å². The summed E-state index contributed by atoms with van der Waals surface area (Å²) in [6.07, 6.45) is 7.84. The van der Waals surface area contributed by atoms with Crippen LogP contribution in [0.15, 0.2) is 30.6 Å². The number of halogens is 1. The predicted octanol–water partition coefficient (Wildman–Crippen LogP) is 2.89. The van der Waals surface area contributed by atoms with Crippen molar-refractivity contribution in [1.29, 1.82) is 0 Å². The molecule has 1 fully saturated rings. The van der Waals surface area contributed by atoms with E-state index in [9.17, 15) is 0 Å². The summed E-state index contributed by atoms with van der Waals surface area (Å²) >= 11 is 0. The monoisotopic (exact) mass is 293 g/mol. The molecule has 108 valence electrons. The van der Waals surface area contributed by atoms with Gasteiger partial charge in [0.15, 0.2) is 0 Å². The highest BCUT2D eigenvalue weighted by molar-refractivity contribution is 5.96. The molecular weight excluding hydrogens is 274 g/mol. The van der Waals surface area contributed by atoms with Crippen LogP contribution in [0.5, 0.6) is 5.75 Å². The SMILES string of the molecule is Cl.Nc1cncc2cccc(OC3CCC(N)CC3)c12. The van der Waals surface area contributed by atoms with Gasteiger partial charge in [0.1, 0.15) is 5.75 Å². The summed E-state index contributed by atoms with van der Waals surface area (Å²) in [5.74, 6) is 0.859. The largest absolute Gasteiger partial charge is 0.490 e. The van der Waals surface area contributed by atoms with Gasteiger partial charge in [-0.25, -0.2) is 0 Å². The lowest BCUT2D eigenvalue weighted by atomic mass is 9.93. The minimum Gasteiger partial charge on any atom is -0.490 e. The maximum atomic E-state index is 6.13. The second kappa shape index (κ2) is 6.29. The third kappa shape index (κ3) is 2.97. The molecule has 0 bridgehead atoms. The van der Waals surface area contributed by atoms with Gasteiger partial charge < -0.3 is 16.2 Å². The van der Waals surface area contributed by atoms with Gasteiger partial charge in [0.2, 0.25) is 0 Å². The summed E-state index contributed by atoms with van der Waals surface area (Å²) in [4.78, 5) is 4.11. The van der Waals surface area contributed by atoms with Crippen LogP contribution in [0.25, 0.3) is 10.8 Å². The maximum absolute atomic E-state index is 6.13. The van der Waals surface area contributed by atoms with Crippen molar-refractivity contribution >= 4 is 28.9 Å². The zero-order valence-corrected chi connectivity index (χ0v) is 12.1. The van der Waals surface area contributed by atoms with Gasteiger partial charge in [-0.2, -0.15) is 0 Å². The van der Waals surface area contributed by atoms with Crippen molar-refractivity contribution in [1.82, 2.24) is 4.98 Å². The van der Waals surface area contributed by atoms with E-state index in [0.29, 0.717) is 11.7 Å². The van der Waals surface area contributed by atoms with Gasteiger partial charge in [-0.05, 0) is 31.7 Å². The Morgan fingerprint density at radius 3 is 2.60 bits per heavy atom. The molecule has 20 heavy (non-hydrogen) atoms. The van der Waals surface area contributed by atoms with E-state index in [1.54, 1.807) is 6.20 Å². The van der Waals surface area contributed by atoms with Crippen molar-refractivity contribution in [2.24, 2.45) is 5.73 Å². The van der Waals surface area contributed by atoms with Crippen LogP contribution in [0, 0.1) is 0 Å². The number of pyridine rings is 1. The van der Waals surface area contributed by atoms with Crippen LogP contribution in [0.1, 0.15) is 25.7 Å². The summed E-state index contributed by atoms with van der Waals surface area (Å²) in [5, 5.41) is 1.98. The van der Waals surface area contributed by atoms with E-state index in [4.69, 9.17) is 16.2 Å². The first-order valence-electron chi connectivity index (χ1n) is 6.78. The highest BCUT2D eigenvalue weighted by Crippen LogP contribution is 2.32. The second-order valence-electron chi connectivity index (χ2n) is 5.24. The molecule has 0 unspecified atom stereocenters. The number of benzene rings is 1. The third-order valence-corrected chi connectivity index (χ3v) is 3.79. The molecule has 1 saturated carbocycles. The number of aromatic nitrogens is 1. The molecule has 5 heteroatoms. The Balaban J connectivity index is 0.00000147. The third-order valence-electron chi connectivity index (χ3n) is 3.79. The average molecular weight is 294 g/mol. The summed E-state index contributed by atoms with van der Waals surface area (Å²) in [6.45, 7) is 0. The molecule has 0 saturated heterocycles. The molecule has 4 nitrogen and oxygen atoms in total. The lowest BCUT2D eigenvalue weighted by Gasteiger charge is -2.27. The Morgan fingerprint density at radius 1 is 1.10 bits per heavy atom. The molecule has 1 heterocycles. The lowest BCUT2D eigenvalue weighted by Crippen LogP contribution is -2.31. The Hall–Kier alpha value is -1.52. The summed E-state index contributed by atoms with van der Waals surface area (Å²) in [5.41, 5.74) is 12.6. The summed E-state index contributed by atoms with van der Waals surface area (Å²) < 4.78 is 6.13. The number of hydrogen-bond acceptors (Lipinski definition) is 4. The van der Waals surface area contributed by atoms with Crippen molar-refractivity contribution in [3.63, 3.8) is 0 Å². The number of nitrogens with two attached hydrogens (primary N) is 2. The molecule has 4 N–H and O–H groups in total. The molecule has 2 aromatic rings. The minimum absolute atomic E-state index is 0. The number of nitrogens with zero attached hydrogens (tertiary/aromatic N) is 1. The lowest BCUT2D eigenvalue weighted by molar-refractivity contribution is 0.149. The van der Waals surface area contributed by atoms with Crippen LogP contribution in [-0.2, 0) is 0 Å². The van der Waals surface area contributed by atoms with Crippen molar-refractivity contribution in [3.05, 3.63) is 30.6 Å². The van der Waals surface area contributed by atoms with Gasteiger partial charge in [0, 0.05) is 23.0 Å². The van der Waals surface area contributed by atoms with Crippen LogP contribution < -0.4 is 16.2 Å². The van der Waals surface area contributed by atoms with Crippen molar-refractivity contribution in [3.8, 4) is 5.75 Å². The van der Waals surface area contributed by atoms with Gasteiger partial charge in [0.05, 0.1) is 18.0 Å². The maximum Gasteiger partial charge on any atom is 0.129 e. The molecule has 3 rings (SSSR count). The average Bonchev–Trinajstić information content (AvgIpc) is 2.42. The number of fused-ring (bicyclic) bond motifs is 1. The first-order chi connectivity index (χ1) is 9.24. The molecule has 0 amide bonds. The molecule has 0 radical (unpaired) electrons. The van der Waals surface area contributed by atoms with E-state index < -0.39 is 0 Å². The van der Waals surface area contributed by atoms with Crippen molar-refractivity contribution < 1.29 is 4.74 Å². The standard InChI is InChI=1S/C15H19N3O.ClH/c16-11-4-6-12(7-5-11)19-14-3-1-2-10-8-18-9-13(17)15(10)14;/h1-3,8-9,11-12H,4-7,16-17H2;1H. The number of ether oxygens (including phenoxy) is 1. The highest BCUT2D eigenvalue weighted by atomic mass is 35.5. The Morgan fingerprint density at radius 2 is 1.85 bits per heavy atom. The highest BCUT2D eigenvalue weighted by Gasteiger charge is 2.20. The smallest absolute Gasteiger partial charge is 0.129 e. The molecule has 1 aromatic carbocycles. The number of hydrogen-bond donors (Lipinski definition) is 2.